The molecule has 1 aromatic carbocycles. The van der Waals surface area contributed by atoms with Crippen molar-refractivity contribution in [2.45, 2.75) is 65.3 Å². The standard InChI is InChI=1S/C20H29N/c1-4-7-12-17-15-18(6-3)20(11-5-2)21(16-17)19-13-9-8-10-14-19/h8-10,13-16,20H,4-7,11-12H2,1-3H3. The van der Waals surface area contributed by atoms with E-state index in [0.29, 0.717) is 6.04 Å². The first-order valence-corrected chi connectivity index (χ1v) is 8.54. The largest absolute Gasteiger partial charge is 0.341 e. The Balaban J connectivity index is 2.32. The van der Waals surface area contributed by atoms with Gasteiger partial charge in [-0.25, -0.2) is 0 Å². The molecule has 1 aliphatic heterocycles. The van der Waals surface area contributed by atoms with E-state index < -0.39 is 0 Å². The first-order chi connectivity index (χ1) is 10.3. The fraction of sp³-hybridized carbons (Fsp3) is 0.500. The highest BCUT2D eigenvalue weighted by Crippen LogP contribution is 2.32. The van der Waals surface area contributed by atoms with Gasteiger partial charge in [0.25, 0.3) is 0 Å². The molecule has 0 aliphatic carbocycles. The number of hydrogen-bond donors (Lipinski definition) is 0. The van der Waals surface area contributed by atoms with Gasteiger partial charge in [-0.3, -0.25) is 0 Å². The minimum absolute atomic E-state index is 0.535. The summed E-state index contributed by atoms with van der Waals surface area (Å²) in [6, 6.07) is 11.4. The van der Waals surface area contributed by atoms with Gasteiger partial charge in [-0.2, -0.15) is 0 Å². The molecular formula is C20H29N. The zero-order valence-corrected chi connectivity index (χ0v) is 13.8. The van der Waals surface area contributed by atoms with Crippen LogP contribution in [0.15, 0.2) is 53.8 Å². The lowest BCUT2D eigenvalue weighted by Crippen LogP contribution is -2.35. The molecule has 1 aliphatic rings. The van der Waals surface area contributed by atoms with E-state index in [9.17, 15) is 0 Å². The number of unbranched alkanes of at least 4 members (excludes halogenated alkanes) is 1. The van der Waals surface area contributed by atoms with E-state index in [2.05, 4.69) is 68.3 Å². The van der Waals surface area contributed by atoms with Crippen LogP contribution in [0.2, 0.25) is 0 Å². The van der Waals surface area contributed by atoms with Crippen molar-refractivity contribution >= 4 is 5.69 Å². The Morgan fingerprint density at radius 1 is 1.00 bits per heavy atom. The summed E-state index contributed by atoms with van der Waals surface area (Å²) >= 11 is 0. The molecular weight excluding hydrogens is 254 g/mol. The third-order valence-corrected chi connectivity index (χ3v) is 4.28. The number of hydrogen-bond acceptors (Lipinski definition) is 1. The smallest absolute Gasteiger partial charge is 0.0548 e. The third kappa shape index (κ3) is 4.00. The molecule has 1 atom stereocenters. The Morgan fingerprint density at radius 2 is 1.76 bits per heavy atom. The molecule has 1 aromatic rings. The van der Waals surface area contributed by atoms with Crippen molar-refractivity contribution in [2.24, 2.45) is 0 Å². The Labute approximate surface area is 130 Å². The van der Waals surface area contributed by atoms with E-state index in [4.69, 9.17) is 0 Å². The maximum Gasteiger partial charge on any atom is 0.0548 e. The molecule has 0 saturated carbocycles. The zero-order valence-electron chi connectivity index (χ0n) is 13.8. The lowest BCUT2D eigenvalue weighted by Gasteiger charge is -2.36. The fourth-order valence-corrected chi connectivity index (χ4v) is 3.13. The number of para-hydroxylation sites is 1. The van der Waals surface area contributed by atoms with Crippen molar-refractivity contribution in [3.63, 3.8) is 0 Å². The van der Waals surface area contributed by atoms with Crippen LogP contribution in [-0.2, 0) is 0 Å². The van der Waals surface area contributed by atoms with Crippen LogP contribution in [0.1, 0.15) is 59.3 Å². The maximum atomic E-state index is 2.51. The monoisotopic (exact) mass is 283 g/mol. The Kier molecular flexibility index (Phi) is 6.10. The van der Waals surface area contributed by atoms with Gasteiger partial charge in [-0.05, 0) is 49.0 Å². The van der Waals surface area contributed by atoms with Gasteiger partial charge >= 0.3 is 0 Å². The highest BCUT2D eigenvalue weighted by molar-refractivity contribution is 5.56. The van der Waals surface area contributed by atoms with Gasteiger partial charge in [-0.1, -0.05) is 57.9 Å². The summed E-state index contributed by atoms with van der Waals surface area (Å²) in [6.07, 6.45) is 12.2. The second-order valence-corrected chi connectivity index (χ2v) is 5.93. The topological polar surface area (TPSA) is 3.24 Å². The average molecular weight is 283 g/mol. The second kappa shape index (κ2) is 8.07. The summed E-state index contributed by atoms with van der Waals surface area (Å²) < 4.78 is 0. The van der Waals surface area contributed by atoms with E-state index in [0.717, 1.165) is 6.42 Å². The van der Waals surface area contributed by atoms with E-state index in [-0.39, 0.29) is 0 Å². The number of allylic oxidation sites excluding steroid dienone is 2. The molecule has 0 aromatic heterocycles. The molecule has 0 spiro atoms. The summed E-state index contributed by atoms with van der Waals surface area (Å²) in [5.41, 5.74) is 4.41. The summed E-state index contributed by atoms with van der Waals surface area (Å²) in [4.78, 5) is 2.51. The van der Waals surface area contributed by atoms with Gasteiger partial charge in [0.05, 0.1) is 6.04 Å². The van der Waals surface area contributed by atoms with Crippen LogP contribution in [0, 0.1) is 0 Å². The van der Waals surface area contributed by atoms with Crippen LogP contribution in [-0.4, -0.2) is 6.04 Å². The number of benzene rings is 1. The van der Waals surface area contributed by atoms with Gasteiger partial charge < -0.3 is 4.90 Å². The molecule has 21 heavy (non-hydrogen) atoms. The van der Waals surface area contributed by atoms with Gasteiger partial charge in [0.1, 0.15) is 0 Å². The Bertz CT molecular complexity index is 484. The average Bonchev–Trinajstić information content (AvgIpc) is 2.54. The molecule has 0 saturated heterocycles. The lowest BCUT2D eigenvalue weighted by atomic mass is 9.91. The number of nitrogens with zero attached hydrogens (tertiary/aromatic N) is 1. The number of rotatable bonds is 7. The molecule has 0 radical (unpaired) electrons. The first kappa shape index (κ1) is 15.9. The molecule has 0 amide bonds. The van der Waals surface area contributed by atoms with Gasteiger partial charge in [0.15, 0.2) is 0 Å². The molecule has 1 nitrogen and oxygen atoms in total. The summed E-state index contributed by atoms with van der Waals surface area (Å²) in [5, 5.41) is 0. The van der Waals surface area contributed by atoms with E-state index >= 15 is 0 Å². The van der Waals surface area contributed by atoms with Crippen molar-refractivity contribution < 1.29 is 0 Å². The predicted molar refractivity (Wildman–Crippen MR) is 93.6 cm³/mol. The molecule has 1 heteroatoms. The Morgan fingerprint density at radius 3 is 2.38 bits per heavy atom. The predicted octanol–water partition coefficient (Wildman–Crippen LogP) is 6.09. The van der Waals surface area contributed by atoms with Gasteiger partial charge in [0, 0.05) is 11.9 Å². The van der Waals surface area contributed by atoms with Crippen LogP contribution in [0.4, 0.5) is 5.69 Å². The minimum atomic E-state index is 0.535. The van der Waals surface area contributed by atoms with E-state index in [1.165, 1.54) is 43.4 Å². The lowest BCUT2D eigenvalue weighted by molar-refractivity contribution is 0.623. The van der Waals surface area contributed by atoms with E-state index in [1.807, 2.05) is 0 Å². The van der Waals surface area contributed by atoms with Crippen molar-refractivity contribution in [3.8, 4) is 0 Å². The molecule has 1 heterocycles. The fourth-order valence-electron chi connectivity index (χ4n) is 3.13. The van der Waals surface area contributed by atoms with Crippen LogP contribution in [0.3, 0.4) is 0 Å². The molecule has 1 unspecified atom stereocenters. The second-order valence-electron chi connectivity index (χ2n) is 5.93. The third-order valence-electron chi connectivity index (χ3n) is 4.28. The molecule has 2 rings (SSSR count). The highest BCUT2D eigenvalue weighted by Gasteiger charge is 2.23. The van der Waals surface area contributed by atoms with Crippen LogP contribution >= 0.6 is 0 Å². The molecule has 0 fully saturated rings. The minimum Gasteiger partial charge on any atom is -0.341 e. The van der Waals surface area contributed by atoms with Crippen molar-refractivity contribution in [1.82, 2.24) is 0 Å². The SMILES string of the molecule is CCCCC1=CN(c2ccccc2)C(CCC)C(CC)=C1. The van der Waals surface area contributed by atoms with Crippen molar-refractivity contribution in [1.29, 1.82) is 0 Å². The molecule has 114 valence electrons. The van der Waals surface area contributed by atoms with Crippen molar-refractivity contribution in [3.05, 3.63) is 53.8 Å². The quantitative estimate of drug-likeness (QED) is 0.585. The van der Waals surface area contributed by atoms with Crippen LogP contribution in [0.5, 0.6) is 0 Å². The highest BCUT2D eigenvalue weighted by atomic mass is 15.2. The van der Waals surface area contributed by atoms with Gasteiger partial charge in [-0.15, -0.1) is 0 Å². The number of anilines is 1. The van der Waals surface area contributed by atoms with Crippen molar-refractivity contribution in [2.75, 3.05) is 4.90 Å². The normalized spacial score (nSPS) is 18.4. The molecule has 0 N–H and O–H groups in total. The van der Waals surface area contributed by atoms with Gasteiger partial charge in [0.2, 0.25) is 0 Å². The van der Waals surface area contributed by atoms with Crippen LogP contribution < -0.4 is 4.90 Å². The summed E-state index contributed by atoms with van der Waals surface area (Å²) in [5.74, 6) is 0. The zero-order chi connectivity index (χ0) is 15.1. The van der Waals surface area contributed by atoms with E-state index in [1.54, 1.807) is 5.57 Å². The Hall–Kier alpha value is -1.50. The summed E-state index contributed by atoms with van der Waals surface area (Å²) in [7, 11) is 0. The first-order valence-electron chi connectivity index (χ1n) is 8.54. The summed E-state index contributed by atoms with van der Waals surface area (Å²) in [6.45, 7) is 6.84. The maximum absolute atomic E-state index is 2.51. The van der Waals surface area contributed by atoms with Crippen LogP contribution in [0.25, 0.3) is 0 Å². The molecule has 0 bridgehead atoms.